The fourth-order valence-corrected chi connectivity index (χ4v) is 2.67. The van der Waals surface area contributed by atoms with Gasteiger partial charge in [-0.1, -0.05) is 13.8 Å². The maximum atomic E-state index is 11.6. The van der Waals surface area contributed by atoms with Crippen molar-refractivity contribution < 1.29 is 19.4 Å². The highest BCUT2D eigenvalue weighted by Gasteiger charge is 2.36. The van der Waals surface area contributed by atoms with Crippen LogP contribution in [-0.2, 0) is 10.2 Å². The summed E-state index contributed by atoms with van der Waals surface area (Å²) in [5.74, 6) is 0.255. The molecule has 0 spiro atoms. The lowest BCUT2D eigenvalue weighted by atomic mass is 9.79. The lowest BCUT2D eigenvalue weighted by Crippen LogP contribution is -2.45. The van der Waals surface area contributed by atoms with Crippen molar-refractivity contribution in [2.24, 2.45) is 0 Å². The van der Waals surface area contributed by atoms with Crippen LogP contribution < -0.4 is 9.64 Å². The molecule has 0 saturated heterocycles. The highest BCUT2D eigenvalue weighted by Crippen LogP contribution is 2.41. The first-order valence-electron chi connectivity index (χ1n) is 6.91. The van der Waals surface area contributed by atoms with Gasteiger partial charge in [-0.3, -0.25) is 9.69 Å². The van der Waals surface area contributed by atoms with E-state index in [-0.39, 0.29) is 17.8 Å². The van der Waals surface area contributed by atoms with Gasteiger partial charge in [0.1, 0.15) is 5.75 Å². The Kier molecular flexibility index (Phi) is 3.48. The third-order valence-corrected chi connectivity index (χ3v) is 3.62. The number of rotatable bonds is 1. The largest absolute Gasteiger partial charge is 0.465 e. The molecule has 0 fully saturated rings. The van der Waals surface area contributed by atoms with E-state index in [0.29, 0.717) is 11.4 Å². The topological polar surface area (TPSA) is 66.8 Å². The van der Waals surface area contributed by atoms with Crippen molar-refractivity contribution in [2.75, 3.05) is 4.90 Å². The van der Waals surface area contributed by atoms with Gasteiger partial charge < -0.3 is 9.84 Å². The van der Waals surface area contributed by atoms with Crippen molar-refractivity contribution in [3.63, 3.8) is 0 Å². The first kappa shape index (κ1) is 15.4. The van der Waals surface area contributed by atoms with Gasteiger partial charge >= 0.3 is 12.1 Å². The molecule has 114 valence electrons. The number of esters is 1. The van der Waals surface area contributed by atoms with Gasteiger partial charge in [-0.2, -0.15) is 0 Å². The number of carboxylic acid groups (broad SMARTS) is 1. The quantitative estimate of drug-likeness (QED) is 0.634. The van der Waals surface area contributed by atoms with E-state index in [1.165, 1.54) is 4.90 Å². The fourth-order valence-electron chi connectivity index (χ4n) is 2.67. The third kappa shape index (κ3) is 2.86. The normalized spacial score (nSPS) is 16.9. The van der Waals surface area contributed by atoms with Gasteiger partial charge in [-0.15, -0.1) is 0 Å². The van der Waals surface area contributed by atoms with Gasteiger partial charge in [-0.25, -0.2) is 4.79 Å². The molecule has 5 nitrogen and oxygen atoms in total. The summed E-state index contributed by atoms with van der Waals surface area (Å²) in [6, 6.07) is 5.15. The standard InChI is InChI=1S/C16H21NO4/c1-15(2,3)17(14(19)20)10-6-7-12-11(8-10)16(4,5)9-13(18)21-12/h6-8H,9H2,1-5H3,(H,19,20). The second-order valence-electron chi connectivity index (χ2n) is 7.00. The Balaban J connectivity index is 2.55. The van der Waals surface area contributed by atoms with Gasteiger partial charge in [-0.05, 0) is 39.0 Å². The minimum Gasteiger partial charge on any atom is -0.465 e. The predicted molar refractivity (Wildman–Crippen MR) is 80.0 cm³/mol. The minimum absolute atomic E-state index is 0.258. The van der Waals surface area contributed by atoms with Crippen molar-refractivity contribution in [1.82, 2.24) is 0 Å². The molecule has 1 N–H and O–H groups in total. The number of benzene rings is 1. The Hall–Kier alpha value is -2.04. The monoisotopic (exact) mass is 291 g/mol. The van der Waals surface area contributed by atoms with Crippen LogP contribution in [0.1, 0.15) is 46.6 Å². The Bertz CT molecular complexity index is 599. The molecule has 0 bridgehead atoms. The van der Waals surface area contributed by atoms with Crippen LogP contribution in [0.15, 0.2) is 18.2 Å². The highest BCUT2D eigenvalue weighted by atomic mass is 16.5. The smallest absolute Gasteiger partial charge is 0.412 e. The number of amides is 1. The number of hydrogen-bond acceptors (Lipinski definition) is 3. The molecule has 0 aromatic heterocycles. The molecule has 21 heavy (non-hydrogen) atoms. The van der Waals surface area contributed by atoms with Crippen LogP contribution in [0.2, 0.25) is 0 Å². The van der Waals surface area contributed by atoms with Gasteiger partial charge in [0, 0.05) is 22.2 Å². The molecule has 0 radical (unpaired) electrons. The third-order valence-electron chi connectivity index (χ3n) is 3.62. The number of nitrogens with zero attached hydrogens (tertiary/aromatic N) is 1. The number of anilines is 1. The van der Waals surface area contributed by atoms with Gasteiger partial charge in [0.05, 0.1) is 6.42 Å². The molecule has 5 heteroatoms. The number of ether oxygens (including phenoxy) is 1. The molecule has 1 aromatic carbocycles. The molecule has 0 aliphatic carbocycles. The maximum Gasteiger partial charge on any atom is 0.412 e. The van der Waals surface area contributed by atoms with E-state index in [4.69, 9.17) is 4.74 Å². The summed E-state index contributed by atoms with van der Waals surface area (Å²) < 4.78 is 5.24. The molecule has 0 unspecified atom stereocenters. The molecule has 1 heterocycles. The molecular formula is C16H21NO4. The van der Waals surface area contributed by atoms with E-state index in [2.05, 4.69) is 0 Å². The van der Waals surface area contributed by atoms with E-state index in [1.54, 1.807) is 18.2 Å². The molecule has 0 atom stereocenters. The zero-order valence-corrected chi connectivity index (χ0v) is 13.1. The first-order chi connectivity index (χ1) is 9.52. The maximum absolute atomic E-state index is 11.6. The Morgan fingerprint density at radius 2 is 1.95 bits per heavy atom. The van der Waals surface area contributed by atoms with Crippen LogP contribution in [0.3, 0.4) is 0 Å². The lowest BCUT2D eigenvalue weighted by Gasteiger charge is -2.36. The summed E-state index contributed by atoms with van der Waals surface area (Å²) >= 11 is 0. The Morgan fingerprint density at radius 1 is 1.33 bits per heavy atom. The minimum atomic E-state index is -1.01. The fraction of sp³-hybridized carbons (Fsp3) is 0.500. The van der Waals surface area contributed by atoms with Crippen LogP contribution in [0.4, 0.5) is 10.5 Å². The highest BCUT2D eigenvalue weighted by molar-refractivity contribution is 5.88. The van der Waals surface area contributed by atoms with E-state index in [1.807, 2.05) is 34.6 Å². The van der Waals surface area contributed by atoms with E-state index < -0.39 is 11.6 Å². The summed E-state index contributed by atoms with van der Waals surface area (Å²) in [6.45, 7) is 9.43. The molecule has 0 saturated carbocycles. The lowest BCUT2D eigenvalue weighted by molar-refractivity contribution is -0.136. The van der Waals surface area contributed by atoms with Crippen molar-refractivity contribution >= 4 is 17.7 Å². The van der Waals surface area contributed by atoms with Gasteiger partial charge in [0.2, 0.25) is 0 Å². The van der Waals surface area contributed by atoms with E-state index >= 15 is 0 Å². The van der Waals surface area contributed by atoms with Crippen LogP contribution in [0, 0.1) is 0 Å². The van der Waals surface area contributed by atoms with Crippen LogP contribution in [0.5, 0.6) is 5.75 Å². The predicted octanol–water partition coefficient (Wildman–Crippen LogP) is 3.56. The zero-order chi connectivity index (χ0) is 16.0. The van der Waals surface area contributed by atoms with Crippen molar-refractivity contribution in [2.45, 2.75) is 52.0 Å². The van der Waals surface area contributed by atoms with Gasteiger partial charge in [0.25, 0.3) is 0 Å². The Morgan fingerprint density at radius 3 is 2.48 bits per heavy atom. The van der Waals surface area contributed by atoms with Crippen molar-refractivity contribution in [3.05, 3.63) is 23.8 Å². The Labute approximate surface area is 124 Å². The summed E-state index contributed by atoms with van der Waals surface area (Å²) in [4.78, 5) is 24.5. The summed E-state index contributed by atoms with van der Waals surface area (Å²) in [6.07, 6.45) is -0.723. The van der Waals surface area contributed by atoms with Crippen molar-refractivity contribution in [3.8, 4) is 5.75 Å². The van der Waals surface area contributed by atoms with Crippen LogP contribution >= 0.6 is 0 Å². The summed E-state index contributed by atoms with van der Waals surface area (Å²) in [5, 5.41) is 9.48. The molecule has 2 rings (SSSR count). The molecule has 1 amide bonds. The van der Waals surface area contributed by atoms with E-state index in [0.717, 1.165) is 5.56 Å². The van der Waals surface area contributed by atoms with Crippen LogP contribution in [0.25, 0.3) is 0 Å². The first-order valence-corrected chi connectivity index (χ1v) is 6.91. The SMILES string of the molecule is CC1(C)CC(=O)Oc2ccc(N(C(=O)O)C(C)(C)C)cc21. The average Bonchev–Trinajstić information content (AvgIpc) is 2.26. The molecule has 1 aliphatic heterocycles. The van der Waals surface area contributed by atoms with Crippen LogP contribution in [-0.4, -0.2) is 22.7 Å². The number of carbonyl (C=O) groups is 2. The van der Waals surface area contributed by atoms with E-state index in [9.17, 15) is 14.7 Å². The zero-order valence-electron chi connectivity index (χ0n) is 13.1. The molecule has 1 aromatic rings. The molecular weight excluding hydrogens is 270 g/mol. The summed E-state index contributed by atoms with van der Waals surface area (Å²) in [7, 11) is 0. The summed E-state index contributed by atoms with van der Waals surface area (Å²) in [5.41, 5.74) is 0.507. The van der Waals surface area contributed by atoms with Gasteiger partial charge in [0.15, 0.2) is 0 Å². The van der Waals surface area contributed by atoms with Crippen molar-refractivity contribution in [1.29, 1.82) is 0 Å². The number of hydrogen-bond donors (Lipinski definition) is 1. The second-order valence-corrected chi connectivity index (χ2v) is 7.00. The average molecular weight is 291 g/mol. The molecule has 1 aliphatic rings. The second kappa shape index (κ2) is 4.76. The number of fused-ring (bicyclic) bond motifs is 1. The number of carbonyl (C=O) groups excluding carboxylic acids is 1.